The number of nitrogens with zero attached hydrogens (tertiary/aromatic N) is 2. The quantitative estimate of drug-likeness (QED) is 0.475. The zero-order chi connectivity index (χ0) is 14.8. The van der Waals surface area contributed by atoms with Gasteiger partial charge in [0, 0.05) is 25.1 Å². The van der Waals surface area contributed by atoms with Gasteiger partial charge in [0.1, 0.15) is 5.52 Å². The van der Waals surface area contributed by atoms with Gasteiger partial charge < -0.3 is 15.1 Å². The van der Waals surface area contributed by atoms with Crippen LogP contribution >= 0.6 is 0 Å². The molecule has 1 amide bonds. The van der Waals surface area contributed by atoms with E-state index >= 15 is 0 Å². The van der Waals surface area contributed by atoms with E-state index in [1.54, 1.807) is 0 Å². The number of benzene rings is 1. The largest absolute Gasteiger partial charge is 0.423 e. The maximum absolute atomic E-state index is 11.4. The Morgan fingerprint density at radius 2 is 2.24 bits per heavy atom. The number of carbonyl (C=O) groups is 1. The number of carbonyl (C=O) groups excluding carboxylic acids is 1. The lowest BCUT2D eigenvalue weighted by Crippen LogP contribution is -2.29. The van der Waals surface area contributed by atoms with Crippen LogP contribution in [-0.4, -0.2) is 28.9 Å². The average Bonchev–Trinajstić information content (AvgIpc) is 3.23. The molecule has 1 aliphatic carbocycles. The van der Waals surface area contributed by atoms with Gasteiger partial charge in [-0.3, -0.25) is 14.9 Å². The van der Waals surface area contributed by atoms with E-state index in [0.29, 0.717) is 24.2 Å². The van der Waals surface area contributed by atoms with Gasteiger partial charge in [-0.05, 0) is 18.9 Å². The molecule has 0 radical (unpaired) electrons. The summed E-state index contributed by atoms with van der Waals surface area (Å²) in [6.45, 7) is 0.960. The van der Waals surface area contributed by atoms with Crippen molar-refractivity contribution in [3.63, 3.8) is 0 Å². The van der Waals surface area contributed by atoms with Crippen LogP contribution in [0.25, 0.3) is 11.1 Å². The predicted molar refractivity (Wildman–Crippen MR) is 74.9 cm³/mol. The van der Waals surface area contributed by atoms with Gasteiger partial charge in [-0.1, -0.05) is 0 Å². The number of nitro benzene ring substituents is 1. The molecule has 0 atom stereocenters. The Hall–Kier alpha value is -2.64. The van der Waals surface area contributed by atoms with Crippen molar-refractivity contribution in [2.75, 3.05) is 18.4 Å². The number of non-ortho nitro benzene ring substituents is 1. The second-order valence-electron chi connectivity index (χ2n) is 4.92. The Morgan fingerprint density at radius 3 is 2.95 bits per heavy atom. The Bertz CT molecular complexity index is 693. The van der Waals surface area contributed by atoms with Gasteiger partial charge in [-0.2, -0.15) is 4.98 Å². The number of nitrogens with one attached hydrogen (secondary N) is 2. The number of hydrogen-bond acceptors (Lipinski definition) is 6. The number of rotatable bonds is 6. The van der Waals surface area contributed by atoms with Gasteiger partial charge >= 0.3 is 0 Å². The van der Waals surface area contributed by atoms with Crippen molar-refractivity contribution >= 4 is 28.7 Å². The number of oxazole rings is 1. The smallest absolute Gasteiger partial charge is 0.295 e. The van der Waals surface area contributed by atoms with E-state index in [0.717, 1.165) is 12.8 Å². The molecule has 1 saturated carbocycles. The zero-order valence-electron chi connectivity index (χ0n) is 11.2. The zero-order valence-corrected chi connectivity index (χ0v) is 11.2. The summed E-state index contributed by atoms with van der Waals surface area (Å²) in [5, 5.41) is 16.4. The van der Waals surface area contributed by atoms with Crippen LogP contribution < -0.4 is 10.6 Å². The molecule has 2 N–H and O–H groups in total. The third-order valence-electron chi connectivity index (χ3n) is 3.23. The predicted octanol–water partition coefficient (Wildman–Crippen LogP) is 1.67. The first kappa shape index (κ1) is 13.3. The lowest BCUT2D eigenvalue weighted by molar-refractivity contribution is -0.384. The molecule has 1 aromatic carbocycles. The molecule has 8 heteroatoms. The first-order valence-corrected chi connectivity index (χ1v) is 6.70. The van der Waals surface area contributed by atoms with Crippen molar-refractivity contribution in [3.05, 3.63) is 28.3 Å². The fourth-order valence-corrected chi connectivity index (χ4v) is 1.95. The monoisotopic (exact) mass is 290 g/mol. The molecule has 1 fully saturated rings. The lowest BCUT2D eigenvalue weighted by Gasteiger charge is -2.03. The van der Waals surface area contributed by atoms with Crippen molar-refractivity contribution in [3.8, 4) is 0 Å². The van der Waals surface area contributed by atoms with Crippen LogP contribution in [0.5, 0.6) is 0 Å². The van der Waals surface area contributed by atoms with Gasteiger partial charge in [0.15, 0.2) is 5.58 Å². The minimum Gasteiger partial charge on any atom is -0.423 e. The molecular formula is C13H14N4O4. The summed E-state index contributed by atoms with van der Waals surface area (Å²) in [6, 6.07) is 4.54. The van der Waals surface area contributed by atoms with E-state index in [1.807, 2.05) is 0 Å². The van der Waals surface area contributed by atoms with Crippen LogP contribution in [0.1, 0.15) is 12.8 Å². The third kappa shape index (κ3) is 3.10. The lowest BCUT2D eigenvalue weighted by atomic mass is 10.3. The number of nitro groups is 1. The minimum absolute atomic E-state index is 0.0399. The molecule has 8 nitrogen and oxygen atoms in total. The van der Waals surface area contributed by atoms with Crippen LogP contribution in [-0.2, 0) is 4.79 Å². The second kappa shape index (κ2) is 5.39. The molecule has 2 aromatic rings. The summed E-state index contributed by atoms with van der Waals surface area (Å²) in [4.78, 5) is 25.8. The van der Waals surface area contributed by atoms with Crippen molar-refractivity contribution < 1.29 is 14.1 Å². The van der Waals surface area contributed by atoms with E-state index in [-0.39, 0.29) is 23.5 Å². The van der Waals surface area contributed by atoms with E-state index in [2.05, 4.69) is 15.6 Å². The molecule has 0 aliphatic heterocycles. The maximum Gasteiger partial charge on any atom is 0.295 e. The highest BCUT2D eigenvalue weighted by Gasteiger charge is 2.28. The molecule has 1 aliphatic rings. The number of fused-ring (bicyclic) bond motifs is 1. The number of amides is 1. The van der Waals surface area contributed by atoms with E-state index in [4.69, 9.17) is 4.42 Å². The van der Waals surface area contributed by atoms with Crippen LogP contribution in [0.4, 0.5) is 11.7 Å². The maximum atomic E-state index is 11.4. The van der Waals surface area contributed by atoms with Gasteiger partial charge in [0.25, 0.3) is 11.7 Å². The topological polar surface area (TPSA) is 110 Å². The summed E-state index contributed by atoms with van der Waals surface area (Å²) in [6.07, 6.45) is 1.95. The summed E-state index contributed by atoms with van der Waals surface area (Å²) in [7, 11) is 0. The fourth-order valence-electron chi connectivity index (χ4n) is 1.95. The Labute approximate surface area is 119 Å². The van der Waals surface area contributed by atoms with Crippen LogP contribution in [0.15, 0.2) is 22.6 Å². The van der Waals surface area contributed by atoms with Gasteiger partial charge in [0.2, 0.25) is 5.91 Å². The molecule has 0 saturated heterocycles. The first-order valence-electron chi connectivity index (χ1n) is 6.70. The standard InChI is InChI=1S/C13H14N4O4/c18-12(8-1-2-8)14-5-6-15-13-16-10-4-3-9(17(19)20)7-11(10)21-13/h3-4,7-8H,1-2,5-6H2,(H,14,18)(H,15,16). The van der Waals surface area contributed by atoms with E-state index < -0.39 is 4.92 Å². The highest BCUT2D eigenvalue weighted by atomic mass is 16.6. The van der Waals surface area contributed by atoms with Crippen molar-refractivity contribution in [1.29, 1.82) is 0 Å². The molecule has 0 spiro atoms. The Kier molecular flexibility index (Phi) is 3.43. The van der Waals surface area contributed by atoms with Crippen molar-refractivity contribution in [1.82, 2.24) is 10.3 Å². The minimum atomic E-state index is -0.484. The molecule has 1 heterocycles. The molecular weight excluding hydrogens is 276 g/mol. The van der Waals surface area contributed by atoms with E-state index in [9.17, 15) is 14.9 Å². The van der Waals surface area contributed by atoms with Crippen LogP contribution in [0.3, 0.4) is 0 Å². The number of aromatic nitrogens is 1. The summed E-state index contributed by atoms with van der Waals surface area (Å²) < 4.78 is 5.39. The number of anilines is 1. The normalized spacial score (nSPS) is 14.1. The molecule has 0 unspecified atom stereocenters. The highest BCUT2D eigenvalue weighted by Crippen LogP contribution is 2.28. The Balaban J connectivity index is 1.56. The SMILES string of the molecule is O=C(NCCNc1nc2ccc([N+](=O)[O-])cc2o1)C1CC1. The highest BCUT2D eigenvalue weighted by molar-refractivity contribution is 5.80. The van der Waals surface area contributed by atoms with Crippen molar-refractivity contribution in [2.24, 2.45) is 5.92 Å². The van der Waals surface area contributed by atoms with Gasteiger partial charge in [0.05, 0.1) is 11.0 Å². The summed E-state index contributed by atoms with van der Waals surface area (Å²) in [5.74, 6) is 0.278. The molecule has 0 bridgehead atoms. The first-order chi connectivity index (χ1) is 10.1. The summed E-state index contributed by atoms with van der Waals surface area (Å²) in [5.41, 5.74) is 0.862. The van der Waals surface area contributed by atoms with E-state index in [1.165, 1.54) is 18.2 Å². The molecule has 110 valence electrons. The molecule has 21 heavy (non-hydrogen) atoms. The van der Waals surface area contributed by atoms with Gasteiger partial charge in [-0.15, -0.1) is 0 Å². The number of hydrogen-bond donors (Lipinski definition) is 2. The Morgan fingerprint density at radius 1 is 1.43 bits per heavy atom. The van der Waals surface area contributed by atoms with Crippen LogP contribution in [0.2, 0.25) is 0 Å². The second-order valence-corrected chi connectivity index (χ2v) is 4.92. The van der Waals surface area contributed by atoms with Gasteiger partial charge in [-0.25, -0.2) is 0 Å². The fraction of sp³-hybridized carbons (Fsp3) is 0.385. The van der Waals surface area contributed by atoms with Crippen LogP contribution in [0, 0.1) is 16.0 Å². The average molecular weight is 290 g/mol. The third-order valence-corrected chi connectivity index (χ3v) is 3.23. The molecule has 1 aromatic heterocycles. The molecule has 3 rings (SSSR count). The summed E-state index contributed by atoms with van der Waals surface area (Å²) >= 11 is 0. The van der Waals surface area contributed by atoms with Crippen molar-refractivity contribution in [2.45, 2.75) is 12.8 Å².